The van der Waals surface area contributed by atoms with E-state index in [1.807, 2.05) is 11.8 Å². The van der Waals surface area contributed by atoms with Crippen LogP contribution in [0.3, 0.4) is 0 Å². The van der Waals surface area contributed by atoms with Crippen LogP contribution in [-0.4, -0.2) is 24.0 Å². The van der Waals surface area contributed by atoms with Gasteiger partial charge < -0.3 is 10.5 Å². The molecule has 1 aliphatic rings. The molecular weight excluding hydrogens is 240 g/mol. The zero-order valence-electron chi connectivity index (χ0n) is 9.57. The molecule has 3 nitrogen and oxygen atoms in total. The van der Waals surface area contributed by atoms with E-state index in [0.29, 0.717) is 0 Å². The van der Waals surface area contributed by atoms with Crippen LogP contribution in [0.25, 0.3) is 0 Å². The third-order valence-electron chi connectivity index (χ3n) is 2.88. The summed E-state index contributed by atoms with van der Waals surface area (Å²) in [4.78, 5) is 4.66. The van der Waals surface area contributed by atoms with Crippen LogP contribution in [0.1, 0.15) is 30.5 Å². The molecule has 1 saturated heterocycles. The van der Waals surface area contributed by atoms with Crippen molar-refractivity contribution in [3.63, 3.8) is 0 Å². The molecule has 0 radical (unpaired) electrons. The van der Waals surface area contributed by atoms with Gasteiger partial charge in [0.05, 0.1) is 11.2 Å². The first-order valence-corrected chi connectivity index (χ1v) is 7.67. The van der Waals surface area contributed by atoms with Crippen molar-refractivity contribution in [2.75, 3.05) is 19.0 Å². The quantitative estimate of drug-likeness (QED) is 0.900. The highest BCUT2D eigenvalue weighted by Gasteiger charge is 2.32. The molecule has 0 aliphatic carbocycles. The number of aromatic nitrogens is 1. The van der Waals surface area contributed by atoms with Crippen LogP contribution in [0, 0.1) is 0 Å². The van der Waals surface area contributed by atoms with Gasteiger partial charge in [-0.2, -0.15) is 11.8 Å². The van der Waals surface area contributed by atoms with Crippen molar-refractivity contribution in [1.29, 1.82) is 0 Å². The van der Waals surface area contributed by atoms with Crippen LogP contribution in [-0.2, 0) is 16.0 Å². The normalized spacial score (nSPS) is 19.9. The fraction of sp³-hybridized carbons (Fsp3) is 0.727. The zero-order chi connectivity index (χ0) is 11.4. The van der Waals surface area contributed by atoms with E-state index in [4.69, 9.17) is 10.5 Å². The Morgan fingerprint density at radius 1 is 1.56 bits per heavy atom. The Labute approximate surface area is 105 Å². The average Bonchev–Trinajstić information content (AvgIpc) is 2.77. The Kier molecular flexibility index (Phi) is 4.24. The van der Waals surface area contributed by atoms with Crippen molar-refractivity contribution in [3.8, 4) is 0 Å². The Hall–Kier alpha value is -0.100. The lowest BCUT2D eigenvalue weighted by atomic mass is 9.88. The molecule has 0 amide bonds. The third kappa shape index (κ3) is 2.77. The highest BCUT2D eigenvalue weighted by atomic mass is 32.2. The molecule has 2 heterocycles. The Bertz CT molecular complexity index is 334. The van der Waals surface area contributed by atoms with E-state index >= 15 is 0 Å². The van der Waals surface area contributed by atoms with Gasteiger partial charge in [0.1, 0.15) is 5.01 Å². The van der Waals surface area contributed by atoms with Crippen LogP contribution in [0.4, 0.5) is 0 Å². The van der Waals surface area contributed by atoms with Crippen molar-refractivity contribution in [2.24, 2.45) is 5.73 Å². The van der Waals surface area contributed by atoms with Crippen molar-refractivity contribution in [3.05, 3.63) is 16.1 Å². The number of hydrogen-bond donors (Lipinski definition) is 1. The van der Waals surface area contributed by atoms with E-state index in [2.05, 4.69) is 17.3 Å². The lowest BCUT2D eigenvalue weighted by molar-refractivity contribution is 0.0509. The predicted molar refractivity (Wildman–Crippen MR) is 69.9 cm³/mol. The van der Waals surface area contributed by atoms with Gasteiger partial charge in [0.25, 0.3) is 0 Å². The Balaban J connectivity index is 2.05. The van der Waals surface area contributed by atoms with Crippen LogP contribution < -0.4 is 5.73 Å². The molecule has 1 aromatic heterocycles. The summed E-state index contributed by atoms with van der Waals surface area (Å²) in [5.41, 5.74) is 7.20. The second-order valence-electron chi connectivity index (χ2n) is 4.03. The summed E-state index contributed by atoms with van der Waals surface area (Å²) in [6.45, 7) is 3.68. The summed E-state index contributed by atoms with van der Waals surface area (Å²) >= 11 is 3.63. The number of ether oxygens (including phenoxy) is 1. The summed E-state index contributed by atoms with van der Waals surface area (Å²) in [7, 11) is 0. The molecule has 5 heteroatoms. The molecule has 0 unspecified atom stereocenters. The molecule has 1 fully saturated rings. The van der Waals surface area contributed by atoms with E-state index < -0.39 is 0 Å². The second kappa shape index (κ2) is 5.49. The van der Waals surface area contributed by atoms with Gasteiger partial charge >= 0.3 is 0 Å². The van der Waals surface area contributed by atoms with Crippen molar-refractivity contribution < 1.29 is 4.74 Å². The molecule has 0 saturated carbocycles. The van der Waals surface area contributed by atoms with E-state index in [1.54, 1.807) is 11.3 Å². The first-order chi connectivity index (χ1) is 7.74. The van der Waals surface area contributed by atoms with Crippen molar-refractivity contribution >= 4 is 23.1 Å². The standard InChI is InChI=1S/C11H18N2OS2/c1-2-15-8-10-13-9(7-16-10)11(12)3-5-14-6-4-11/h7H,2-6,8,12H2,1H3. The van der Waals surface area contributed by atoms with Crippen LogP contribution >= 0.6 is 23.1 Å². The van der Waals surface area contributed by atoms with Gasteiger partial charge in [-0.3, -0.25) is 0 Å². The first-order valence-electron chi connectivity index (χ1n) is 5.64. The minimum atomic E-state index is -0.246. The molecule has 2 N–H and O–H groups in total. The van der Waals surface area contributed by atoms with Crippen molar-refractivity contribution in [2.45, 2.75) is 31.1 Å². The third-order valence-corrected chi connectivity index (χ3v) is 4.79. The SMILES string of the molecule is CCSCc1nc(C2(N)CCOCC2)cs1. The average molecular weight is 258 g/mol. The van der Waals surface area contributed by atoms with Crippen LogP contribution in [0.5, 0.6) is 0 Å². The molecule has 1 aromatic rings. The van der Waals surface area contributed by atoms with E-state index in [0.717, 1.165) is 43.3 Å². The number of nitrogens with two attached hydrogens (primary N) is 1. The lowest BCUT2D eigenvalue weighted by Crippen LogP contribution is -2.42. The zero-order valence-corrected chi connectivity index (χ0v) is 11.2. The molecule has 16 heavy (non-hydrogen) atoms. The topological polar surface area (TPSA) is 48.1 Å². The smallest absolute Gasteiger partial charge is 0.103 e. The maximum Gasteiger partial charge on any atom is 0.103 e. The van der Waals surface area contributed by atoms with E-state index in [-0.39, 0.29) is 5.54 Å². The predicted octanol–water partition coefficient (Wildman–Crippen LogP) is 2.36. The molecule has 1 aliphatic heterocycles. The van der Waals surface area contributed by atoms with E-state index in [9.17, 15) is 0 Å². The van der Waals surface area contributed by atoms with Crippen LogP contribution in [0.2, 0.25) is 0 Å². The van der Waals surface area contributed by atoms with Crippen molar-refractivity contribution in [1.82, 2.24) is 4.98 Å². The molecular formula is C11H18N2OS2. The maximum atomic E-state index is 6.38. The molecule has 90 valence electrons. The summed E-state index contributed by atoms with van der Waals surface area (Å²) in [5, 5.41) is 3.31. The highest BCUT2D eigenvalue weighted by Crippen LogP contribution is 2.30. The number of thiazole rings is 1. The second-order valence-corrected chi connectivity index (χ2v) is 6.25. The number of hydrogen-bond acceptors (Lipinski definition) is 5. The molecule has 0 spiro atoms. The largest absolute Gasteiger partial charge is 0.381 e. The Morgan fingerprint density at radius 3 is 3.00 bits per heavy atom. The minimum Gasteiger partial charge on any atom is -0.381 e. The van der Waals surface area contributed by atoms with Gasteiger partial charge in [-0.15, -0.1) is 11.3 Å². The van der Waals surface area contributed by atoms with Gasteiger partial charge in [0.2, 0.25) is 0 Å². The maximum absolute atomic E-state index is 6.38. The molecule has 0 bridgehead atoms. The number of nitrogens with zero attached hydrogens (tertiary/aromatic N) is 1. The number of rotatable bonds is 4. The van der Waals surface area contributed by atoms with Gasteiger partial charge in [0.15, 0.2) is 0 Å². The summed E-state index contributed by atoms with van der Waals surface area (Å²) in [6.07, 6.45) is 1.77. The summed E-state index contributed by atoms with van der Waals surface area (Å²) < 4.78 is 5.35. The minimum absolute atomic E-state index is 0.246. The Morgan fingerprint density at radius 2 is 2.31 bits per heavy atom. The lowest BCUT2D eigenvalue weighted by Gasteiger charge is -2.31. The van der Waals surface area contributed by atoms with Gasteiger partial charge in [0, 0.05) is 24.3 Å². The first kappa shape index (κ1) is 12.4. The van der Waals surface area contributed by atoms with Crippen LogP contribution in [0.15, 0.2) is 5.38 Å². The van der Waals surface area contributed by atoms with Gasteiger partial charge in [-0.05, 0) is 18.6 Å². The summed E-state index contributed by atoms with van der Waals surface area (Å²) in [5.74, 6) is 2.14. The highest BCUT2D eigenvalue weighted by molar-refractivity contribution is 7.98. The molecule has 0 atom stereocenters. The van der Waals surface area contributed by atoms with Gasteiger partial charge in [-0.25, -0.2) is 4.98 Å². The fourth-order valence-electron chi connectivity index (χ4n) is 1.79. The summed E-state index contributed by atoms with van der Waals surface area (Å²) in [6, 6.07) is 0. The monoisotopic (exact) mass is 258 g/mol. The molecule has 0 aromatic carbocycles. The van der Waals surface area contributed by atoms with E-state index in [1.165, 1.54) is 5.01 Å². The fourth-order valence-corrected chi connectivity index (χ4v) is 3.44. The van der Waals surface area contributed by atoms with Gasteiger partial charge in [-0.1, -0.05) is 6.92 Å². The molecule has 2 rings (SSSR count). The number of thioether (sulfide) groups is 1.